The van der Waals surface area contributed by atoms with Crippen molar-refractivity contribution < 1.29 is 22.7 Å². The summed E-state index contributed by atoms with van der Waals surface area (Å²) >= 11 is 0. The topological polar surface area (TPSA) is 82.6 Å². The van der Waals surface area contributed by atoms with E-state index in [0.29, 0.717) is 34.6 Å². The zero-order valence-corrected chi connectivity index (χ0v) is 18.4. The molecule has 0 atom stereocenters. The molecule has 3 aromatic carbocycles. The van der Waals surface area contributed by atoms with Crippen LogP contribution in [0.5, 0.6) is 11.5 Å². The van der Waals surface area contributed by atoms with Crippen molar-refractivity contribution >= 4 is 26.5 Å². The number of sulfone groups is 1. The minimum absolute atomic E-state index is 0.00114. The highest BCUT2D eigenvalue weighted by Crippen LogP contribution is 2.34. The molecule has 0 fully saturated rings. The maximum atomic E-state index is 13.7. The van der Waals surface area contributed by atoms with Crippen molar-refractivity contribution in [1.82, 2.24) is 4.98 Å². The van der Waals surface area contributed by atoms with Gasteiger partial charge in [-0.25, -0.2) is 8.42 Å². The number of carbonyl (C=O) groups excluding carboxylic acids is 1. The normalized spacial score (nSPS) is 11.3. The zero-order valence-electron chi connectivity index (χ0n) is 17.6. The third-order valence-electron chi connectivity index (χ3n) is 5.02. The van der Waals surface area contributed by atoms with Gasteiger partial charge in [-0.1, -0.05) is 18.2 Å². The fourth-order valence-corrected chi connectivity index (χ4v) is 5.11. The number of carbonyl (C=O) groups is 1. The van der Waals surface area contributed by atoms with E-state index in [-0.39, 0.29) is 15.4 Å². The van der Waals surface area contributed by atoms with E-state index in [1.165, 1.54) is 25.4 Å². The Balaban J connectivity index is 1.96. The van der Waals surface area contributed by atoms with Crippen LogP contribution in [0, 0.1) is 0 Å². The van der Waals surface area contributed by atoms with Crippen LogP contribution in [0.4, 0.5) is 0 Å². The number of hydrogen-bond acceptors (Lipinski definition) is 6. The van der Waals surface area contributed by atoms with Gasteiger partial charge in [-0.15, -0.1) is 0 Å². The summed E-state index contributed by atoms with van der Waals surface area (Å²) in [6.07, 6.45) is 1.32. The van der Waals surface area contributed by atoms with Gasteiger partial charge in [0.1, 0.15) is 11.5 Å². The van der Waals surface area contributed by atoms with Crippen LogP contribution >= 0.6 is 0 Å². The fraction of sp³-hybridized carbons (Fsp3) is 0.120. The lowest BCUT2D eigenvalue weighted by Gasteiger charge is -2.14. The first-order valence-electron chi connectivity index (χ1n) is 10.00. The molecule has 0 aliphatic rings. The summed E-state index contributed by atoms with van der Waals surface area (Å²) in [7, 11) is -2.54. The molecule has 4 rings (SSSR count). The average Bonchev–Trinajstić information content (AvgIpc) is 2.83. The van der Waals surface area contributed by atoms with Gasteiger partial charge in [0.15, 0.2) is 5.78 Å². The molecule has 7 heteroatoms. The Bertz CT molecular complexity index is 1380. The predicted octanol–water partition coefficient (Wildman–Crippen LogP) is 4.71. The fourth-order valence-electron chi connectivity index (χ4n) is 3.47. The Hall–Kier alpha value is -3.71. The van der Waals surface area contributed by atoms with Crippen LogP contribution in [0.3, 0.4) is 0 Å². The first-order valence-corrected chi connectivity index (χ1v) is 11.5. The van der Waals surface area contributed by atoms with Crippen LogP contribution in [0.2, 0.25) is 0 Å². The van der Waals surface area contributed by atoms with Crippen molar-refractivity contribution in [2.75, 3.05) is 13.7 Å². The second-order valence-electron chi connectivity index (χ2n) is 6.99. The molecule has 32 heavy (non-hydrogen) atoms. The van der Waals surface area contributed by atoms with Gasteiger partial charge in [0.2, 0.25) is 9.84 Å². The van der Waals surface area contributed by atoms with E-state index < -0.39 is 15.6 Å². The van der Waals surface area contributed by atoms with Crippen LogP contribution in [0.1, 0.15) is 22.8 Å². The van der Waals surface area contributed by atoms with Gasteiger partial charge < -0.3 is 9.47 Å². The molecule has 0 spiro atoms. The highest BCUT2D eigenvalue weighted by molar-refractivity contribution is 7.91. The molecule has 0 saturated heterocycles. The minimum atomic E-state index is -4.03. The van der Waals surface area contributed by atoms with Gasteiger partial charge in [0.05, 0.1) is 34.6 Å². The molecule has 1 aromatic heterocycles. The summed E-state index contributed by atoms with van der Waals surface area (Å²) in [5.74, 6) is 0.650. The quantitative estimate of drug-likeness (QED) is 0.382. The molecule has 0 radical (unpaired) electrons. The molecular formula is C25H21NO5S. The first kappa shape index (κ1) is 21.5. The molecule has 0 bridgehead atoms. The van der Waals surface area contributed by atoms with Gasteiger partial charge in [0.25, 0.3) is 0 Å². The Kier molecular flexibility index (Phi) is 5.92. The smallest absolute Gasteiger partial charge is 0.208 e. The second kappa shape index (κ2) is 8.80. The molecule has 4 aromatic rings. The lowest BCUT2D eigenvalue weighted by atomic mass is 10.0. The maximum Gasteiger partial charge on any atom is 0.208 e. The molecule has 0 saturated carbocycles. The summed E-state index contributed by atoms with van der Waals surface area (Å²) in [5.41, 5.74) is 0.782. The summed E-state index contributed by atoms with van der Waals surface area (Å²) in [6.45, 7) is 2.37. The summed E-state index contributed by atoms with van der Waals surface area (Å²) in [4.78, 5) is 17.8. The number of rotatable bonds is 7. The van der Waals surface area contributed by atoms with E-state index in [9.17, 15) is 13.2 Å². The Morgan fingerprint density at radius 3 is 2.28 bits per heavy atom. The molecule has 1 heterocycles. The van der Waals surface area contributed by atoms with Crippen molar-refractivity contribution in [2.45, 2.75) is 16.7 Å². The number of fused-ring (bicyclic) bond motifs is 1. The third kappa shape index (κ3) is 3.94. The highest BCUT2D eigenvalue weighted by atomic mass is 32.2. The molecule has 0 aliphatic heterocycles. The monoisotopic (exact) mass is 447 g/mol. The number of nitrogens with zero attached hydrogens (tertiary/aromatic N) is 1. The van der Waals surface area contributed by atoms with Crippen molar-refractivity contribution in [1.29, 1.82) is 0 Å². The summed E-state index contributed by atoms with van der Waals surface area (Å²) < 4.78 is 38.1. The van der Waals surface area contributed by atoms with Gasteiger partial charge in [-0.2, -0.15) is 0 Å². The molecule has 0 unspecified atom stereocenters. The zero-order chi connectivity index (χ0) is 22.7. The van der Waals surface area contributed by atoms with Crippen LogP contribution in [0.15, 0.2) is 88.8 Å². The number of benzene rings is 3. The lowest BCUT2D eigenvalue weighted by molar-refractivity contribution is 0.103. The van der Waals surface area contributed by atoms with Gasteiger partial charge in [0, 0.05) is 17.1 Å². The van der Waals surface area contributed by atoms with E-state index in [4.69, 9.17) is 9.47 Å². The highest BCUT2D eigenvalue weighted by Gasteiger charge is 2.28. The van der Waals surface area contributed by atoms with Crippen LogP contribution < -0.4 is 9.47 Å². The number of methoxy groups -OCH3 is 1. The van der Waals surface area contributed by atoms with E-state index >= 15 is 0 Å². The SMILES string of the molecule is CCOc1ccc(C(=O)c2cnc3ccc(OC)cc3c2S(=O)(=O)c2ccccc2)cc1. The number of hydrogen-bond donors (Lipinski definition) is 0. The first-order chi connectivity index (χ1) is 15.5. The largest absolute Gasteiger partial charge is 0.497 e. The molecular weight excluding hydrogens is 426 g/mol. The van der Waals surface area contributed by atoms with Crippen molar-refractivity contribution in [3.63, 3.8) is 0 Å². The Morgan fingerprint density at radius 2 is 1.62 bits per heavy atom. The average molecular weight is 448 g/mol. The van der Waals surface area contributed by atoms with E-state index in [1.807, 2.05) is 6.92 Å². The number of ketones is 1. The minimum Gasteiger partial charge on any atom is -0.497 e. The van der Waals surface area contributed by atoms with Gasteiger partial charge in [-0.3, -0.25) is 9.78 Å². The van der Waals surface area contributed by atoms with E-state index in [0.717, 1.165) is 0 Å². The van der Waals surface area contributed by atoms with E-state index in [2.05, 4.69) is 4.98 Å². The third-order valence-corrected chi connectivity index (χ3v) is 6.89. The molecule has 0 aliphatic carbocycles. The maximum absolute atomic E-state index is 13.7. The lowest BCUT2D eigenvalue weighted by Crippen LogP contribution is -2.12. The Morgan fingerprint density at radius 1 is 0.938 bits per heavy atom. The van der Waals surface area contributed by atoms with Gasteiger partial charge >= 0.3 is 0 Å². The molecule has 162 valence electrons. The predicted molar refractivity (Wildman–Crippen MR) is 121 cm³/mol. The number of pyridine rings is 1. The van der Waals surface area contributed by atoms with Crippen molar-refractivity contribution in [2.24, 2.45) is 0 Å². The standard InChI is InChI=1S/C25H21NO5S/c1-3-31-18-11-9-17(10-12-18)24(27)22-16-26-23-14-13-19(30-2)15-21(23)25(22)32(28,29)20-7-5-4-6-8-20/h4-16H,3H2,1-2H3. The molecule has 0 N–H and O–H groups in total. The van der Waals surface area contributed by atoms with Crippen molar-refractivity contribution in [3.8, 4) is 11.5 Å². The van der Waals surface area contributed by atoms with Crippen LogP contribution in [-0.2, 0) is 9.84 Å². The summed E-state index contributed by atoms with van der Waals surface area (Å²) in [5, 5.41) is 0.324. The number of aromatic nitrogens is 1. The van der Waals surface area contributed by atoms with E-state index in [1.54, 1.807) is 60.7 Å². The molecule has 0 amide bonds. The van der Waals surface area contributed by atoms with Crippen LogP contribution in [0.25, 0.3) is 10.9 Å². The molecule has 6 nitrogen and oxygen atoms in total. The summed E-state index contributed by atoms with van der Waals surface area (Å²) in [6, 6.07) is 19.6. The number of ether oxygens (including phenoxy) is 2. The second-order valence-corrected chi connectivity index (χ2v) is 8.87. The van der Waals surface area contributed by atoms with Crippen molar-refractivity contribution in [3.05, 3.63) is 90.1 Å². The Labute approximate surface area is 186 Å². The van der Waals surface area contributed by atoms with Gasteiger partial charge in [-0.05, 0) is 61.5 Å². The van der Waals surface area contributed by atoms with Crippen LogP contribution in [-0.4, -0.2) is 32.9 Å².